The molecule has 0 aliphatic rings. The molecular formula is C12H18N6O. The Bertz CT molecular complexity index is 557. The van der Waals surface area contributed by atoms with Gasteiger partial charge in [-0.05, 0) is 42.5 Å². The van der Waals surface area contributed by atoms with Gasteiger partial charge in [-0.3, -0.25) is 0 Å². The summed E-state index contributed by atoms with van der Waals surface area (Å²) in [5.41, 5.74) is 13.2. The number of anilines is 2. The number of nitrogens with zero attached hydrogens (tertiary/aromatic N) is 4. The lowest BCUT2D eigenvalue weighted by Gasteiger charge is -2.22. The van der Waals surface area contributed by atoms with Crippen molar-refractivity contribution in [2.75, 3.05) is 18.6 Å². The number of nitrogens with two attached hydrogens (primary N) is 2. The molecule has 0 saturated carbocycles. The lowest BCUT2D eigenvalue weighted by atomic mass is 10.1. The maximum Gasteiger partial charge on any atom is 0.182 e. The summed E-state index contributed by atoms with van der Waals surface area (Å²) in [6, 6.07) is 5.27. The van der Waals surface area contributed by atoms with Gasteiger partial charge in [0.2, 0.25) is 0 Å². The molecule has 0 aliphatic heterocycles. The van der Waals surface area contributed by atoms with Gasteiger partial charge < -0.3 is 16.2 Å². The standard InChI is InChI=1S/C12H18N6O/c1-12(2,19-3)7-18-11(15-16-17-18)8-4-9(13)6-10(14)5-8/h4-6H,7,13-14H2,1-3H3. The summed E-state index contributed by atoms with van der Waals surface area (Å²) in [4.78, 5) is 0. The normalized spacial score (nSPS) is 11.7. The third-order valence-corrected chi connectivity index (χ3v) is 2.85. The lowest BCUT2D eigenvalue weighted by molar-refractivity contribution is 0.00539. The van der Waals surface area contributed by atoms with Gasteiger partial charge in [0.1, 0.15) is 0 Å². The van der Waals surface area contributed by atoms with Crippen molar-refractivity contribution < 1.29 is 4.74 Å². The van der Waals surface area contributed by atoms with E-state index in [2.05, 4.69) is 15.5 Å². The fourth-order valence-electron chi connectivity index (χ4n) is 1.75. The minimum absolute atomic E-state index is 0.365. The highest BCUT2D eigenvalue weighted by molar-refractivity contribution is 5.67. The molecule has 102 valence electrons. The Labute approximate surface area is 111 Å². The SMILES string of the molecule is COC(C)(C)Cn1nnnc1-c1cc(N)cc(N)c1. The second kappa shape index (κ2) is 4.85. The quantitative estimate of drug-likeness (QED) is 0.794. The van der Waals surface area contributed by atoms with E-state index in [0.717, 1.165) is 5.56 Å². The third-order valence-electron chi connectivity index (χ3n) is 2.85. The van der Waals surface area contributed by atoms with Gasteiger partial charge in [0.15, 0.2) is 5.82 Å². The molecule has 2 aromatic rings. The fourth-order valence-corrected chi connectivity index (χ4v) is 1.75. The molecule has 0 bridgehead atoms. The zero-order valence-corrected chi connectivity index (χ0v) is 11.3. The second-order valence-corrected chi connectivity index (χ2v) is 5.01. The molecule has 2 rings (SSSR count). The van der Waals surface area contributed by atoms with Crippen LogP contribution in [0.25, 0.3) is 11.4 Å². The first kappa shape index (κ1) is 13.3. The van der Waals surface area contributed by atoms with Crippen LogP contribution in [-0.2, 0) is 11.3 Å². The number of hydrogen-bond donors (Lipinski definition) is 2. The molecule has 0 amide bonds. The van der Waals surface area contributed by atoms with Crippen LogP contribution >= 0.6 is 0 Å². The molecule has 1 aromatic heterocycles. The van der Waals surface area contributed by atoms with Crippen molar-refractivity contribution in [1.82, 2.24) is 20.2 Å². The van der Waals surface area contributed by atoms with E-state index in [0.29, 0.717) is 23.7 Å². The van der Waals surface area contributed by atoms with E-state index in [1.807, 2.05) is 13.8 Å². The van der Waals surface area contributed by atoms with Crippen LogP contribution < -0.4 is 11.5 Å². The van der Waals surface area contributed by atoms with Gasteiger partial charge in [0.25, 0.3) is 0 Å². The Morgan fingerprint density at radius 3 is 2.42 bits per heavy atom. The summed E-state index contributed by atoms with van der Waals surface area (Å²) >= 11 is 0. The molecule has 0 saturated heterocycles. The highest BCUT2D eigenvalue weighted by Crippen LogP contribution is 2.23. The number of tetrazole rings is 1. The molecular weight excluding hydrogens is 244 g/mol. The van der Waals surface area contributed by atoms with Crippen LogP contribution in [0.15, 0.2) is 18.2 Å². The number of rotatable bonds is 4. The van der Waals surface area contributed by atoms with Crippen molar-refractivity contribution in [2.24, 2.45) is 0 Å². The van der Waals surface area contributed by atoms with Crippen molar-refractivity contribution in [1.29, 1.82) is 0 Å². The number of aromatic nitrogens is 4. The van der Waals surface area contributed by atoms with E-state index < -0.39 is 0 Å². The Hall–Kier alpha value is -2.15. The van der Waals surface area contributed by atoms with Gasteiger partial charge in [-0.1, -0.05) is 0 Å². The van der Waals surface area contributed by atoms with Gasteiger partial charge in [0.05, 0.1) is 12.1 Å². The molecule has 4 N–H and O–H groups in total. The zero-order valence-electron chi connectivity index (χ0n) is 11.3. The van der Waals surface area contributed by atoms with Crippen molar-refractivity contribution in [3.8, 4) is 11.4 Å². The van der Waals surface area contributed by atoms with E-state index in [1.54, 1.807) is 30.0 Å². The van der Waals surface area contributed by atoms with Crippen LogP contribution in [0.1, 0.15) is 13.8 Å². The molecule has 0 radical (unpaired) electrons. The van der Waals surface area contributed by atoms with E-state index >= 15 is 0 Å². The Kier molecular flexibility index (Phi) is 3.39. The minimum Gasteiger partial charge on any atom is -0.399 e. The first-order chi connectivity index (χ1) is 8.91. The molecule has 19 heavy (non-hydrogen) atoms. The van der Waals surface area contributed by atoms with Crippen molar-refractivity contribution >= 4 is 11.4 Å². The van der Waals surface area contributed by atoms with E-state index in [1.165, 1.54) is 0 Å². The summed E-state index contributed by atoms with van der Waals surface area (Å²) in [5, 5.41) is 11.7. The fraction of sp³-hybridized carbons (Fsp3) is 0.417. The molecule has 7 heteroatoms. The van der Waals surface area contributed by atoms with Crippen LogP contribution in [0.3, 0.4) is 0 Å². The van der Waals surface area contributed by atoms with Gasteiger partial charge in [-0.25, -0.2) is 4.68 Å². The third kappa shape index (κ3) is 3.00. The Morgan fingerprint density at radius 2 is 1.84 bits per heavy atom. The van der Waals surface area contributed by atoms with Crippen LogP contribution in [0.4, 0.5) is 11.4 Å². The average Bonchev–Trinajstić information content (AvgIpc) is 2.75. The summed E-state index contributed by atoms with van der Waals surface area (Å²) in [5.74, 6) is 0.615. The molecule has 0 aliphatic carbocycles. The van der Waals surface area contributed by atoms with Crippen LogP contribution in [-0.4, -0.2) is 32.9 Å². The van der Waals surface area contributed by atoms with Gasteiger partial charge in [-0.2, -0.15) is 0 Å². The first-order valence-electron chi connectivity index (χ1n) is 5.89. The van der Waals surface area contributed by atoms with Crippen molar-refractivity contribution in [2.45, 2.75) is 26.0 Å². The Balaban J connectivity index is 2.39. The van der Waals surface area contributed by atoms with Crippen molar-refractivity contribution in [3.63, 3.8) is 0 Å². The molecule has 7 nitrogen and oxygen atoms in total. The number of hydrogen-bond acceptors (Lipinski definition) is 6. The first-order valence-corrected chi connectivity index (χ1v) is 5.89. The smallest absolute Gasteiger partial charge is 0.182 e. The summed E-state index contributed by atoms with van der Waals surface area (Å²) in [6.07, 6.45) is 0. The predicted octanol–water partition coefficient (Wildman–Crippen LogP) is 0.929. The lowest BCUT2D eigenvalue weighted by Crippen LogP contribution is -2.30. The summed E-state index contributed by atoms with van der Waals surface area (Å²) in [6.45, 7) is 4.46. The van der Waals surface area contributed by atoms with Gasteiger partial charge >= 0.3 is 0 Å². The summed E-state index contributed by atoms with van der Waals surface area (Å²) in [7, 11) is 1.66. The second-order valence-electron chi connectivity index (χ2n) is 5.01. The molecule has 0 unspecified atom stereocenters. The highest BCUT2D eigenvalue weighted by atomic mass is 16.5. The largest absolute Gasteiger partial charge is 0.399 e. The van der Waals surface area contributed by atoms with E-state index in [4.69, 9.17) is 16.2 Å². The number of benzene rings is 1. The monoisotopic (exact) mass is 262 g/mol. The minimum atomic E-state index is -0.365. The highest BCUT2D eigenvalue weighted by Gasteiger charge is 2.21. The summed E-state index contributed by atoms with van der Waals surface area (Å²) < 4.78 is 7.06. The Morgan fingerprint density at radius 1 is 1.21 bits per heavy atom. The predicted molar refractivity (Wildman–Crippen MR) is 73.2 cm³/mol. The maximum absolute atomic E-state index is 5.79. The van der Waals surface area contributed by atoms with Gasteiger partial charge in [0, 0.05) is 24.0 Å². The van der Waals surface area contributed by atoms with E-state index in [9.17, 15) is 0 Å². The maximum atomic E-state index is 5.79. The molecule has 0 spiro atoms. The zero-order chi connectivity index (χ0) is 14.0. The van der Waals surface area contributed by atoms with Crippen molar-refractivity contribution in [3.05, 3.63) is 18.2 Å². The number of nitrogen functional groups attached to an aromatic ring is 2. The van der Waals surface area contributed by atoms with Crippen LogP contribution in [0.5, 0.6) is 0 Å². The molecule has 0 fully saturated rings. The number of ether oxygens (including phenoxy) is 1. The van der Waals surface area contributed by atoms with E-state index in [-0.39, 0.29) is 5.60 Å². The van der Waals surface area contributed by atoms with Crippen LogP contribution in [0, 0.1) is 0 Å². The molecule has 0 atom stereocenters. The molecule has 1 aromatic carbocycles. The van der Waals surface area contributed by atoms with Gasteiger partial charge in [-0.15, -0.1) is 5.10 Å². The molecule has 1 heterocycles. The number of methoxy groups -OCH3 is 1. The van der Waals surface area contributed by atoms with Crippen LogP contribution in [0.2, 0.25) is 0 Å². The average molecular weight is 262 g/mol. The topological polar surface area (TPSA) is 105 Å².